The van der Waals surface area contributed by atoms with Gasteiger partial charge in [-0.25, -0.2) is 8.42 Å². The Bertz CT molecular complexity index is 852. The number of hydrogen-bond acceptors (Lipinski definition) is 4. The monoisotopic (exact) mass is 354 g/mol. The Balaban J connectivity index is 2.51. The molecule has 0 radical (unpaired) electrons. The van der Waals surface area contributed by atoms with Crippen LogP contribution in [0, 0.1) is 6.92 Å². The number of rotatable bonds is 4. The average molecular weight is 355 g/mol. The van der Waals surface area contributed by atoms with Crippen molar-refractivity contribution in [2.24, 2.45) is 0 Å². The fourth-order valence-corrected chi connectivity index (χ4v) is 3.29. The lowest BCUT2D eigenvalue weighted by atomic mass is 10.1. The smallest absolute Gasteiger partial charge is 0.262 e. The molecule has 0 aliphatic carbocycles. The van der Waals surface area contributed by atoms with Crippen molar-refractivity contribution in [3.63, 3.8) is 0 Å². The SMILES string of the molecule is CC(=O)Nc1cc(Cl)c(C)c(NS(=O)(=O)c2ccccc2)c1O. The van der Waals surface area contributed by atoms with Crippen molar-refractivity contribution >= 4 is 38.9 Å². The maximum atomic E-state index is 12.4. The summed E-state index contributed by atoms with van der Waals surface area (Å²) in [7, 11) is -3.90. The first-order valence-electron chi connectivity index (χ1n) is 6.60. The Labute approximate surface area is 139 Å². The highest BCUT2D eigenvalue weighted by molar-refractivity contribution is 7.92. The largest absolute Gasteiger partial charge is 0.504 e. The van der Waals surface area contributed by atoms with Crippen LogP contribution in [0.1, 0.15) is 12.5 Å². The Morgan fingerprint density at radius 1 is 1.22 bits per heavy atom. The summed E-state index contributed by atoms with van der Waals surface area (Å²) in [5.41, 5.74) is 0.293. The quantitative estimate of drug-likeness (QED) is 0.735. The van der Waals surface area contributed by atoms with E-state index in [1.165, 1.54) is 25.1 Å². The molecule has 8 heteroatoms. The first-order valence-corrected chi connectivity index (χ1v) is 8.46. The molecule has 2 aromatic carbocycles. The molecular formula is C15H15ClN2O4S. The molecule has 0 spiro atoms. The number of carbonyl (C=O) groups excluding carboxylic acids is 1. The molecule has 0 saturated heterocycles. The second-order valence-electron chi connectivity index (χ2n) is 4.85. The van der Waals surface area contributed by atoms with Gasteiger partial charge in [0.05, 0.1) is 16.3 Å². The molecule has 1 amide bonds. The lowest BCUT2D eigenvalue weighted by molar-refractivity contribution is -0.114. The van der Waals surface area contributed by atoms with Crippen molar-refractivity contribution in [1.29, 1.82) is 0 Å². The molecule has 2 rings (SSSR count). The van der Waals surface area contributed by atoms with Gasteiger partial charge in [0.1, 0.15) is 0 Å². The molecule has 122 valence electrons. The van der Waals surface area contributed by atoms with E-state index in [9.17, 15) is 18.3 Å². The summed E-state index contributed by atoms with van der Waals surface area (Å²) in [6.07, 6.45) is 0. The van der Waals surface area contributed by atoms with Gasteiger partial charge in [-0.05, 0) is 30.7 Å². The number of hydrogen-bond donors (Lipinski definition) is 3. The fraction of sp³-hybridized carbons (Fsp3) is 0.133. The first kappa shape index (κ1) is 17.1. The van der Waals surface area contributed by atoms with Crippen molar-refractivity contribution in [3.05, 3.63) is 47.0 Å². The molecule has 0 saturated carbocycles. The van der Waals surface area contributed by atoms with Crippen LogP contribution in [0.15, 0.2) is 41.3 Å². The van der Waals surface area contributed by atoms with E-state index in [-0.39, 0.29) is 21.3 Å². The van der Waals surface area contributed by atoms with Crippen molar-refractivity contribution in [1.82, 2.24) is 0 Å². The number of carbonyl (C=O) groups is 1. The molecule has 2 aromatic rings. The number of phenolic OH excluding ortho intramolecular Hbond substituents is 1. The van der Waals surface area contributed by atoms with Crippen LogP contribution in [0.3, 0.4) is 0 Å². The summed E-state index contributed by atoms with van der Waals surface area (Å²) < 4.78 is 27.1. The number of phenols is 1. The van der Waals surface area contributed by atoms with E-state index in [1.807, 2.05) is 0 Å². The number of halogens is 1. The van der Waals surface area contributed by atoms with Gasteiger partial charge in [-0.3, -0.25) is 9.52 Å². The summed E-state index contributed by atoms with van der Waals surface area (Å²) in [5, 5.41) is 12.9. The Morgan fingerprint density at radius 3 is 2.39 bits per heavy atom. The third kappa shape index (κ3) is 3.75. The number of anilines is 2. The molecule has 0 bridgehead atoms. The maximum absolute atomic E-state index is 12.4. The van der Waals surface area contributed by atoms with E-state index < -0.39 is 21.7 Å². The van der Waals surface area contributed by atoms with Crippen LogP contribution in [0.4, 0.5) is 11.4 Å². The van der Waals surface area contributed by atoms with Gasteiger partial charge in [0, 0.05) is 11.9 Å². The predicted molar refractivity (Wildman–Crippen MR) is 89.4 cm³/mol. The van der Waals surface area contributed by atoms with E-state index in [2.05, 4.69) is 10.0 Å². The Hall–Kier alpha value is -2.25. The third-order valence-corrected chi connectivity index (χ3v) is 4.86. The zero-order chi connectivity index (χ0) is 17.2. The number of benzene rings is 2. The second kappa shape index (κ2) is 6.47. The zero-order valence-corrected chi connectivity index (χ0v) is 14.0. The van der Waals surface area contributed by atoms with Gasteiger partial charge in [-0.2, -0.15) is 0 Å². The minimum absolute atomic E-state index is 0.0267. The number of nitrogens with one attached hydrogen (secondary N) is 2. The highest BCUT2D eigenvalue weighted by Gasteiger charge is 2.21. The molecule has 0 aliphatic rings. The number of sulfonamides is 1. The number of aromatic hydroxyl groups is 1. The molecule has 3 N–H and O–H groups in total. The lowest BCUT2D eigenvalue weighted by Gasteiger charge is -2.16. The summed E-state index contributed by atoms with van der Waals surface area (Å²) in [4.78, 5) is 11.2. The van der Waals surface area contributed by atoms with Crippen LogP contribution in [0.5, 0.6) is 5.75 Å². The lowest BCUT2D eigenvalue weighted by Crippen LogP contribution is -2.15. The van der Waals surface area contributed by atoms with Gasteiger partial charge in [-0.1, -0.05) is 29.8 Å². The molecule has 0 unspecified atom stereocenters. The summed E-state index contributed by atoms with van der Waals surface area (Å²) in [6.45, 7) is 2.82. The summed E-state index contributed by atoms with van der Waals surface area (Å²) in [6, 6.07) is 9.07. The van der Waals surface area contributed by atoms with Crippen molar-refractivity contribution in [2.45, 2.75) is 18.7 Å². The van der Waals surface area contributed by atoms with Gasteiger partial charge in [-0.15, -0.1) is 0 Å². The van der Waals surface area contributed by atoms with Gasteiger partial charge < -0.3 is 10.4 Å². The number of amides is 1. The Kier molecular flexibility index (Phi) is 4.82. The highest BCUT2D eigenvalue weighted by Crippen LogP contribution is 2.40. The summed E-state index contributed by atoms with van der Waals surface area (Å²) in [5.74, 6) is -0.821. The van der Waals surface area contributed by atoms with Gasteiger partial charge in [0.2, 0.25) is 5.91 Å². The standard InChI is InChI=1S/C15H15ClN2O4S/c1-9-12(16)8-13(17-10(2)19)15(20)14(9)18-23(21,22)11-6-4-3-5-7-11/h3-8,18,20H,1-2H3,(H,17,19). The molecule has 0 aliphatic heterocycles. The average Bonchev–Trinajstić information content (AvgIpc) is 2.49. The van der Waals surface area contributed by atoms with Crippen LogP contribution in [-0.4, -0.2) is 19.4 Å². The normalized spacial score (nSPS) is 11.1. The molecule has 6 nitrogen and oxygen atoms in total. The first-order chi connectivity index (χ1) is 10.7. The van der Waals surface area contributed by atoms with Crippen LogP contribution in [-0.2, 0) is 14.8 Å². The van der Waals surface area contributed by atoms with Gasteiger partial charge in [0.15, 0.2) is 5.75 Å². The summed E-state index contributed by atoms with van der Waals surface area (Å²) >= 11 is 6.05. The van der Waals surface area contributed by atoms with E-state index >= 15 is 0 Å². The molecule has 0 atom stereocenters. The van der Waals surface area contributed by atoms with Crippen LogP contribution >= 0.6 is 11.6 Å². The fourth-order valence-electron chi connectivity index (χ4n) is 1.94. The van der Waals surface area contributed by atoms with Gasteiger partial charge >= 0.3 is 0 Å². The highest BCUT2D eigenvalue weighted by atomic mass is 35.5. The molecule has 0 heterocycles. The molecule has 0 fully saturated rings. The molecular weight excluding hydrogens is 340 g/mol. The third-order valence-electron chi connectivity index (χ3n) is 3.10. The Morgan fingerprint density at radius 2 is 1.83 bits per heavy atom. The zero-order valence-electron chi connectivity index (χ0n) is 12.4. The van der Waals surface area contributed by atoms with Crippen molar-refractivity contribution in [2.75, 3.05) is 10.0 Å². The van der Waals surface area contributed by atoms with E-state index in [0.717, 1.165) is 0 Å². The predicted octanol–water partition coefficient (Wildman–Crippen LogP) is 3.11. The second-order valence-corrected chi connectivity index (χ2v) is 6.94. The minimum atomic E-state index is -3.90. The van der Waals surface area contributed by atoms with Crippen molar-refractivity contribution < 1.29 is 18.3 Å². The molecule has 23 heavy (non-hydrogen) atoms. The van der Waals surface area contributed by atoms with E-state index in [4.69, 9.17) is 11.6 Å². The topological polar surface area (TPSA) is 95.5 Å². The van der Waals surface area contributed by atoms with Crippen LogP contribution in [0.2, 0.25) is 5.02 Å². The van der Waals surface area contributed by atoms with E-state index in [1.54, 1.807) is 25.1 Å². The maximum Gasteiger partial charge on any atom is 0.262 e. The minimum Gasteiger partial charge on any atom is -0.504 e. The van der Waals surface area contributed by atoms with Crippen molar-refractivity contribution in [3.8, 4) is 5.75 Å². The van der Waals surface area contributed by atoms with Crippen LogP contribution < -0.4 is 10.0 Å². The van der Waals surface area contributed by atoms with Crippen LogP contribution in [0.25, 0.3) is 0 Å². The van der Waals surface area contributed by atoms with Gasteiger partial charge in [0.25, 0.3) is 10.0 Å². The molecule has 0 aromatic heterocycles. The van der Waals surface area contributed by atoms with E-state index in [0.29, 0.717) is 5.56 Å².